The number of carbonyl (C=O) groups is 1. The molecule has 2 N–H and O–H groups in total. The first kappa shape index (κ1) is 16.5. The van der Waals surface area contributed by atoms with Crippen LogP contribution in [-0.2, 0) is 14.8 Å². The third-order valence-electron chi connectivity index (χ3n) is 4.08. The van der Waals surface area contributed by atoms with Gasteiger partial charge in [-0.3, -0.25) is 0 Å². The molecule has 0 spiro atoms. The highest BCUT2D eigenvalue weighted by Crippen LogP contribution is 2.17. The number of ether oxygens (including phenoxy) is 1. The number of amides is 1. The van der Waals surface area contributed by atoms with E-state index < -0.39 is 10.0 Å². The molecule has 122 valence electrons. The highest BCUT2D eigenvalue weighted by atomic mass is 32.2. The fourth-order valence-corrected chi connectivity index (χ4v) is 4.58. The van der Waals surface area contributed by atoms with E-state index in [1.807, 2.05) is 0 Å². The summed E-state index contributed by atoms with van der Waals surface area (Å²) in [5.41, 5.74) is 0. The lowest BCUT2D eigenvalue weighted by Gasteiger charge is -2.33. The van der Waals surface area contributed by atoms with Gasteiger partial charge in [-0.05, 0) is 45.7 Å². The molecule has 0 radical (unpaired) electrons. The fourth-order valence-electron chi connectivity index (χ4n) is 2.83. The number of carbonyl (C=O) groups excluding carboxylic acids is 1. The van der Waals surface area contributed by atoms with Crippen molar-refractivity contribution in [3.8, 4) is 0 Å². The van der Waals surface area contributed by atoms with Crippen LogP contribution in [0.2, 0.25) is 0 Å². The molecule has 2 fully saturated rings. The molecule has 7 nitrogen and oxygen atoms in total. The Balaban J connectivity index is 1.81. The Morgan fingerprint density at radius 1 is 1.24 bits per heavy atom. The molecule has 2 rings (SSSR count). The van der Waals surface area contributed by atoms with E-state index in [0.717, 1.165) is 13.1 Å². The number of nitrogens with one attached hydrogen (secondary N) is 2. The van der Waals surface area contributed by atoms with Gasteiger partial charge in [0.2, 0.25) is 10.0 Å². The maximum absolute atomic E-state index is 12.3. The summed E-state index contributed by atoms with van der Waals surface area (Å²) in [5.74, 6) is 0. The zero-order chi connectivity index (χ0) is 15.3. The molecule has 2 saturated heterocycles. The number of rotatable bonds is 4. The molecule has 2 aliphatic rings. The largest absolute Gasteiger partial charge is 0.450 e. The molecule has 0 aliphatic carbocycles. The summed E-state index contributed by atoms with van der Waals surface area (Å²) in [5, 5.41) is 2.88. The van der Waals surface area contributed by atoms with Gasteiger partial charge in [0, 0.05) is 19.1 Å². The maximum Gasteiger partial charge on any atom is 0.409 e. The van der Waals surface area contributed by atoms with Gasteiger partial charge in [0.05, 0.1) is 11.9 Å². The van der Waals surface area contributed by atoms with Gasteiger partial charge in [-0.2, -0.15) is 0 Å². The SMILES string of the molecule is CCOC(=O)N1CCC(NS(=O)(=O)C2CCNCC2)CC1. The van der Waals surface area contributed by atoms with Gasteiger partial charge >= 0.3 is 6.09 Å². The average Bonchev–Trinajstić information content (AvgIpc) is 2.49. The number of piperidine rings is 2. The molecule has 0 unspecified atom stereocenters. The van der Waals surface area contributed by atoms with Crippen LogP contribution >= 0.6 is 0 Å². The number of hydrogen-bond acceptors (Lipinski definition) is 5. The summed E-state index contributed by atoms with van der Waals surface area (Å²) < 4.78 is 32.4. The van der Waals surface area contributed by atoms with Crippen LogP contribution in [0.3, 0.4) is 0 Å². The van der Waals surface area contributed by atoms with Crippen LogP contribution in [0, 0.1) is 0 Å². The standard InChI is InChI=1S/C13H25N3O4S/c1-2-20-13(17)16-9-5-11(6-10-16)15-21(18,19)12-3-7-14-8-4-12/h11-12,14-15H,2-10H2,1H3. The zero-order valence-electron chi connectivity index (χ0n) is 12.5. The molecule has 8 heteroatoms. The predicted octanol–water partition coefficient (Wildman–Crippen LogP) is 0.279. The first-order chi connectivity index (χ1) is 10.0. The normalized spacial score (nSPS) is 22.2. The lowest BCUT2D eigenvalue weighted by atomic mass is 10.1. The fraction of sp³-hybridized carbons (Fsp3) is 0.923. The number of hydrogen-bond donors (Lipinski definition) is 2. The third kappa shape index (κ3) is 4.55. The molecular formula is C13H25N3O4S. The van der Waals surface area contributed by atoms with Crippen LogP contribution in [0.5, 0.6) is 0 Å². The Morgan fingerprint density at radius 2 is 1.86 bits per heavy atom. The topological polar surface area (TPSA) is 87.7 Å². The van der Waals surface area contributed by atoms with Crippen molar-refractivity contribution in [2.24, 2.45) is 0 Å². The van der Waals surface area contributed by atoms with Gasteiger partial charge in [0.25, 0.3) is 0 Å². The Hall–Kier alpha value is -0.860. The van der Waals surface area contributed by atoms with Crippen molar-refractivity contribution in [1.29, 1.82) is 0 Å². The second-order valence-electron chi connectivity index (χ2n) is 5.57. The zero-order valence-corrected chi connectivity index (χ0v) is 13.3. The van der Waals surface area contributed by atoms with Gasteiger partial charge in [-0.15, -0.1) is 0 Å². The average molecular weight is 319 g/mol. The van der Waals surface area contributed by atoms with Crippen molar-refractivity contribution in [2.75, 3.05) is 32.8 Å². The van der Waals surface area contributed by atoms with E-state index in [4.69, 9.17) is 4.74 Å². The molecule has 0 aromatic rings. The third-order valence-corrected chi connectivity index (χ3v) is 6.09. The second kappa shape index (κ2) is 7.42. The summed E-state index contributed by atoms with van der Waals surface area (Å²) >= 11 is 0. The Bertz CT molecular complexity index is 440. The van der Waals surface area contributed by atoms with Crippen LogP contribution < -0.4 is 10.0 Å². The van der Waals surface area contributed by atoms with E-state index in [1.54, 1.807) is 11.8 Å². The minimum absolute atomic E-state index is 0.0736. The first-order valence-corrected chi connectivity index (χ1v) is 9.21. The maximum atomic E-state index is 12.3. The highest BCUT2D eigenvalue weighted by molar-refractivity contribution is 7.90. The summed E-state index contributed by atoms with van der Waals surface area (Å²) in [6, 6.07) is -0.0736. The predicted molar refractivity (Wildman–Crippen MR) is 79.6 cm³/mol. The molecular weight excluding hydrogens is 294 g/mol. The van der Waals surface area contributed by atoms with Crippen molar-refractivity contribution in [1.82, 2.24) is 14.9 Å². The lowest BCUT2D eigenvalue weighted by molar-refractivity contribution is 0.0965. The van der Waals surface area contributed by atoms with Crippen molar-refractivity contribution in [3.05, 3.63) is 0 Å². The quantitative estimate of drug-likeness (QED) is 0.777. The van der Waals surface area contributed by atoms with Crippen molar-refractivity contribution in [3.63, 3.8) is 0 Å². The van der Waals surface area contributed by atoms with Gasteiger partial charge in [-0.25, -0.2) is 17.9 Å². The molecule has 0 saturated carbocycles. The minimum atomic E-state index is -3.26. The molecule has 2 heterocycles. The monoisotopic (exact) mass is 319 g/mol. The van der Waals surface area contributed by atoms with E-state index in [-0.39, 0.29) is 17.4 Å². The Morgan fingerprint density at radius 3 is 2.43 bits per heavy atom. The summed E-state index contributed by atoms with van der Waals surface area (Å²) in [6.45, 7) is 4.73. The summed E-state index contributed by atoms with van der Waals surface area (Å²) in [4.78, 5) is 13.2. The van der Waals surface area contributed by atoms with Crippen molar-refractivity contribution < 1.29 is 17.9 Å². The molecule has 0 bridgehead atoms. The molecule has 0 aromatic heterocycles. The van der Waals surface area contributed by atoms with Crippen LogP contribution in [0.25, 0.3) is 0 Å². The molecule has 21 heavy (non-hydrogen) atoms. The van der Waals surface area contributed by atoms with E-state index in [1.165, 1.54) is 0 Å². The Kier molecular flexibility index (Phi) is 5.83. The number of sulfonamides is 1. The van der Waals surface area contributed by atoms with Crippen LogP contribution in [0.4, 0.5) is 4.79 Å². The highest BCUT2D eigenvalue weighted by Gasteiger charge is 2.31. The van der Waals surface area contributed by atoms with Gasteiger partial charge < -0.3 is 15.0 Å². The smallest absolute Gasteiger partial charge is 0.409 e. The van der Waals surface area contributed by atoms with Crippen LogP contribution in [0.1, 0.15) is 32.6 Å². The van der Waals surface area contributed by atoms with Gasteiger partial charge in [-0.1, -0.05) is 0 Å². The van der Waals surface area contributed by atoms with E-state index in [2.05, 4.69) is 10.0 Å². The number of likely N-dealkylation sites (tertiary alicyclic amines) is 1. The van der Waals surface area contributed by atoms with E-state index in [9.17, 15) is 13.2 Å². The number of nitrogens with zero attached hydrogens (tertiary/aromatic N) is 1. The molecule has 0 aromatic carbocycles. The van der Waals surface area contributed by atoms with Crippen molar-refractivity contribution >= 4 is 16.1 Å². The first-order valence-electron chi connectivity index (χ1n) is 7.66. The summed E-state index contributed by atoms with van der Waals surface area (Å²) in [6.07, 6.45) is 2.30. The van der Waals surface area contributed by atoms with E-state index >= 15 is 0 Å². The van der Waals surface area contributed by atoms with Crippen LogP contribution in [0.15, 0.2) is 0 Å². The van der Waals surface area contributed by atoms with Gasteiger partial charge in [0.1, 0.15) is 0 Å². The molecule has 1 amide bonds. The van der Waals surface area contributed by atoms with E-state index in [0.29, 0.717) is 45.4 Å². The minimum Gasteiger partial charge on any atom is -0.450 e. The molecule has 2 aliphatic heterocycles. The van der Waals surface area contributed by atoms with Crippen LogP contribution in [-0.4, -0.2) is 63.5 Å². The molecule has 0 atom stereocenters. The second-order valence-corrected chi connectivity index (χ2v) is 7.56. The van der Waals surface area contributed by atoms with Crippen molar-refractivity contribution in [2.45, 2.75) is 43.9 Å². The summed E-state index contributed by atoms with van der Waals surface area (Å²) in [7, 11) is -3.26. The van der Waals surface area contributed by atoms with Gasteiger partial charge in [0.15, 0.2) is 0 Å². The Labute approximate surface area is 126 Å². The lowest BCUT2D eigenvalue weighted by Crippen LogP contribution is -2.50.